The van der Waals surface area contributed by atoms with Crippen molar-refractivity contribution in [2.45, 2.75) is 19.9 Å². The van der Waals surface area contributed by atoms with Gasteiger partial charge in [-0.05, 0) is 12.1 Å². The Hall–Kier alpha value is -2.18. The standard InChI is InChI=1S/C12H15FN4O2/c1-12(2)6-15-10(18)9(12)17-11(19)16-8-4-3-7(13)5-14-8/h3-5,9H,6H2,1-2H3,(H,15,18)(H2,14,16,17,19). The van der Waals surface area contributed by atoms with E-state index in [1.807, 2.05) is 13.8 Å². The molecule has 2 rings (SSSR count). The number of nitrogens with one attached hydrogen (secondary N) is 3. The fourth-order valence-corrected chi connectivity index (χ4v) is 1.87. The van der Waals surface area contributed by atoms with Crippen molar-refractivity contribution >= 4 is 17.8 Å². The molecule has 0 aliphatic carbocycles. The van der Waals surface area contributed by atoms with Crippen molar-refractivity contribution in [1.82, 2.24) is 15.6 Å². The molecule has 3 amide bonds. The molecule has 19 heavy (non-hydrogen) atoms. The number of rotatable bonds is 2. The second-order valence-electron chi connectivity index (χ2n) is 5.10. The van der Waals surface area contributed by atoms with Crippen LogP contribution in [0.1, 0.15) is 13.8 Å². The third kappa shape index (κ3) is 2.98. The van der Waals surface area contributed by atoms with Crippen LogP contribution in [0.3, 0.4) is 0 Å². The summed E-state index contributed by atoms with van der Waals surface area (Å²) in [6, 6.07) is 1.38. The van der Waals surface area contributed by atoms with E-state index in [1.54, 1.807) is 0 Å². The normalized spacial score (nSPS) is 20.8. The Morgan fingerprint density at radius 3 is 2.79 bits per heavy atom. The summed E-state index contributed by atoms with van der Waals surface area (Å²) in [5, 5.41) is 7.72. The van der Waals surface area contributed by atoms with Gasteiger partial charge in [-0.1, -0.05) is 13.8 Å². The molecule has 1 unspecified atom stereocenters. The first-order chi connectivity index (χ1) is 8.88. The summed E-state index contributed by atoms with van der Waals surface area (Å²) in [4.78, 5) is 27.1. The summed E-state index contributed by atoms with van der Waals surface area (Å²) in [7, 11) is 0. The van der Waals surface area contributed by atoms with Gasteiger partial charge in [0.2, 0.25) is 5.91 Å². The van der Waals surface area contributed by atoms with Crippen molar-refractivity contribution in [2.75, 3.05) is 11.9 Å². The Bertz CT molecular complexity index is 501. The Kier molecular flexibility index (Phi) is 3.37. The maximum absolute atomic E-state index is 12.7. The Labute approximate surface area is 109 Å². The van der Waals surface area contributed by atoms with E-state index in [0.29, 0.717) is 6.54 Å². The average molecular weight is 266 g/mol. The molecule has 1 atom stereocenters. The second kappa shape index (κ2) is 4.83. The lowest BCUT2D eigenvalue weighted by Gasteiger charge is -2.24. The zero-order valence-corrected chi connectivity index (χ0v) is 10.7. The molecule has 0 radical (unpaired) electrons. The van der Waals surface area contributed by atoms with Gasteiger partial charge < -0.3 is 10.6 Å². The van der Waals surface area contributed by atoms with Gasteiger partial charge in [0.1, 0.15) is 17.7 Å². The molecule has 1 fully saturated rings. The van der Waals surface area contributed by atoms with Crippen molar-refractivity contribution in [2.24, 2.45) is 5.41 Å². The number of halogens is 1. The minimum absolute atomic E-state index is 0.216. The Morgan fingerprint density at radius 2 is 2.26 bits per heavy atom. The van der Waals surface area contributed by atoms with Crippen LogP contribution in [0.4, 0.5) is 15.0 Å². The van der Waals surface area contributed by atoms with E-state index >= 15 is 0 Å². The number of aromatic nitrogens is 1. The van der Waals surface area contributed by atoms with Gasteiger partial charge in [-0.15, -0.1) is 0 Å². The number of carbonyl (C=O) groups excluding carboxylic acids is 2. The fourth-order valence-electron chi connectivity index (χ4n) is 1.87. The number of hydrogen-bond donors (Lipinski definition) is 3. The Morgan fingerprint density at radius 1 is 1.53 bits per heavy atom. The van der Waals surface area contributed by atoms with Gasteiger partial charge in [0.05, 0.1) is 6.20 Å². The lowest BCUT2D eigenvalue weighted by molar-refractivity contribution is -0.121. The highest BCUT2D eigenvalue weighted by Gasteiger charge is 2.42. The number of pyridine rings is 1. The van der Waals surface area contributed by atoms with E-state index in [9.17, 15) is 14.0 Å². The summed E-state index contributed by atoms with van der Waals surface area (Å²) in [6.07, 6.45) is 1.00. The van der Waals surface area contributed by atoms with Gasteiger partial charge in [0.15, 0.2) is 0 Å². The molecule has 3 N–H and O–H groups in total. The molecule has 102 valence electrons. The van der Waals surface area contributed by atoms with Gasteiger partial charge in [0.25, 0.3) is 0 Å². The van der Waals surface area contributed by atoms with Crippen LogP contribution in [-0.4, -0.2) is 29.5 Å². The molecule has 1 aromatic heterocycles. The topological polar surface area (TPSA) is 83.1 Å². The molecule has 0 saturated carbocycles. The summed E-state index contributed by atoms with van der Waals surface area (Å²) >= 11 is 0. The highest BCUT2D eigenvalue weighted by atomic mass is 19.1. The molecule has 0 spiro atoms. The predicted octanol–water partition coefficient (Wildman–Crippen LogP) is 0.867. The molecule has 7 heteroatoms. The smallest absolute Gasteiger partial charge is 0.321 e. The van der Waals surface area contributed by atoms with Crippen molar-refractivity contribution in [3.8, 4) is 0 Å². The van der Waals surface area contributed by atoms with E-state index in [-0.39, 0.29) is 17.1 Å². The van der Waals surface area contributed by atoms with E-state index in [2.05, 4.69) is 20.9 Å². The Balaban J connectivity index is 1.98. The van der Waals surface area contributed by atoms with Crippen molar-refractivity contribution in [3.63, 3.8) is 0 Å². The molecule has 6 nitrogen and oxygen atoms in total. The molecule has 0 aromatic carbocycles. The van der Waals surface area contributed by atoms with Crippen molar-refractivity contribution < 1.29 is 14.0 Å². The summed E-state index contributed by atoms with van der Waals surface area (Å²) < 4.78 is 12.7. The number of nitrogens with zero attached hydrogens (tertiary/aromatic N) is 1. The quantitative estimate of drug-likeness (QED) is 0.742. The zero-order chi connectivity index (χ0) is 14.0. The average Bonchev–Trinajstić information content (AvgIpc) is 2.59. The van der Waals surface area contributed by atoms with Crippen LogP contribution >= 0.6 is 0 Å². The minimum atomic E-state index is -0.604. The van der Waals surface area contributed by atoms with Gasteiger partial charge in [-0.25, -0.2) is 14.2 Å². The first kappa shape index (κ1) is 13.3. The van der Waals surface area contributed by atoms with Crippen LogP contribution in [-0.2, 0) is 4.79 Å². The third-order valence-corrected chi connectivity index (χ3v) is 3.01. The van der Waals surface area contributed by atoms with Crippen LogP contribution < -0.4 is 16.0 Å². The largest absolute Gasteiger partial charge is 0.354 e. The van der Waals surface area contributed by atoms with Gasteiger partial charge in [0, 0.05) is 12.0 Å². The molecule has 1 aromatic rings. The molecular weight excluding hydrogens is 251 g/mol. The van der Waals surface area contributed by atoms with Crippen LogP contribution in [0.25, 0.3) is 0 Å². The predicted molar refractivity (Wildman–Crippen MR) is 66.9 cm³/mol. The second-order valence-corrected chi connectivity index (χ2v) is 5.10. The number of carbonyl (C=O) groups is 2. The first-order valence-electron chi connectivity index (χ1n) is 5.85. The third-order valence-electron chi connectivity index (χ3n) is 3.01. The number of amides is 3. The van der Waals surface area contributed by atoms with E-state index in [4.69, 9.17) is 0 Å². The van der Waals surface area contributed by atoms with Gasteiger partial charge in [-0.3, -0.25) is 10.1 Å². The number of anilines is 1. The molecule has 0 bridgehead atoms. The zero-order valence-electron chi connectivity index (χ0n) is 10.7. The van der Waals surface area contributed by atoms with Crippen LogP contribution in [0.15, 0.2) is 18.3 Å². The highest BCUT2D eigenvalue weighted by Crippen LogP contribution is 2.24. The maximum atomic E-state index is 12.7. The maximum Gasteiger partial charge on any atom is 0.321 e. The SMILES string of the molecule is CC1(C)CNC(=O)C1NC(=O)Nc1ccc(F)cn1. The molecule has 1 saturated heterocycles. The monoisotopic (exact) mass is 266 g/mol. The van der Waals surface area contributed by atoms with Crippen LogP contribution in [0, 0.1) is 11.2 Å². The first-order valence-corrected chi connectivity index (χ1v) is 5.85. The molecular formula is C12H15FN4O2. The van der Waals surface area contributed by atoms with E-state index in [1.165, 1.54) is 12.1 Å². The lowest BCUT2D eigenvalue weighted by Crippen LogP contribution is -2.48. The molecule has 2 heterocycles. The molecule has 1 aliphatic rings. The van der Waals surface area contributed by atoms with Crippen molar-refractivity contribution in [3.05, 3.63) is 24.1 Å². The summed E-state index contributed by atoms with van der Waals surface area (Å²) in [5.74, 6) is -0.482. The van der Waals surface area contributed by atoms with Crippen molar-refractivity contribution in [1.29, 1.82) is 0 Å². The van der Waals surface area contributed by atoms with Gasteiger partial charge >= 0.3 is 6.03 Å². The summed E-state index contributed by atoms with van der Waals surface area (Å²) in [5.41, 5.74) is -0.357. The number of hydrogen-bond acceptors (Lipinski definition) is 3. The molecule has 1 aliphatic heterocycles. The van der Waals surface area contributed by atoms with E-state index < -0.39 is 17.9 Å². The lowest BCUT2D eigenvalue weighted by atomic mass is 9.87. The number of urea groups is 1. The van der Waals surface area contributed by atoms with Crippen LogP contribution in [0.5, 0.6) is 0 Å². The fraction of sp³-hybridized carbons (Fsp3) is 0.417. The van der Waals surface area contributed by atoms with Gasteiger partial charge in [-0.2, -0.15) is 0 Å². The summed E-state index contributed by atoms with van der Waals surface area (Å²) in [6.45, 7) is 4.27. The van der Waals surface area contributed by atoms with E-state index in [0.717, 1.165) is 6.20 Å². The highest BCUT2D eigenvalue weighted by molar-refractivity contribution is 5.94. The van der Waals surface area contributed by atoms with Crippen LogP contribution in [0.2, 0.25) is 0 Å². The minimum Gasteiger partial charge on any atom is -0.354 e.